The van der Waals surface area contributed by atoms with E-state index in [1.807, 2.05) is 31.2 Å². The molecule has 5 nitrogen and oxygen atoms in total. The molecule has 0 aliphatic carbocycles. The Morgan fingerprint density at radius 2 is 2.00 bits per heavy atom. The zero-order valence-electron chi connectivity index (χ0n) is 9.14. The number of aryl methyl sites for hydroxylation is 2. The van der Waals surface area contributed by atoms with Gasteiger partial charge in [0.2, 0.25) is 5.89 Å². The molecule has 16 heavy (non-hydrogen) atoms. The average molecular weight is 216 g/mol. The molecule has 0 amide bonds. The summed E-state index contributed by atoms with van der Waals surface area (Å²) in [6, 6.07) is 8.00. The number of aliphatic imine (C=N–C) groups is 1. The summed E-state index contributed by atoms with van der Waals surface area (Å²) in [5, 5.41) is 6.65. The van der Waals surface area contributed by atoms with E-state index < -0.39 is 0 Å². The molecule has 82 valence electrons. The minimum Gasteiger partial charge on any atom is -0.346 e. The predicted octanol–water partition coefficient (Wildman–Crippen LogP) is 2.46. The highest BCUT2D eigenvalue weighted by Gasteiger charge is 1.96. The van der Waals surface area contributed by atoms with E-state index in [0.717, 1.165) is 5.69 Å². The average Bonchev–Trinajstić information content (AvgIpc) is 2.67. The van der Waals surface area contributed by atoms with Crippen molar-refractivity contribution in [3.63, 3.8) is 0 Å². The van der Waals surface area contributed by atoms with Crippen LogP contribution in [0.3, 0.4) is 0 Å². The molecule has 0 fully saturated rings. The first-order chi connectivity index (χ1) is 7.74. The Hall–Kier alpha value is -2.17. The van der Waals surface area contributed by atoms with Crippen LogP contribution in [0.4, 0.5) is 11.6 Å². The van der Waals surface area contributed by atoms with Crippen molar-refractivity contribution in [2.24, 2.45) is 4.99 Å². The summed E-state index contributed by atoms with van der Waals surface area (Å²) < 4.78 is 4.78. The van der Waals surface area contributed by atoms with Crippen LogP contribution in [0.25, 0.3) is 0 Å². The molecule has 2 aromatic rings. The number of aromatic nitrogens is 2. The van der Waals surface area contributed by atoms with E-state index in [2.05, 4.69) is 20.4 Å². The second-order valence-electron chi connectivity index (χ2n) is 3.38. The van der Waals surface area contributed by atoms with Crippen LogP contribution in [0.5, 0.6) is 0 Å². The van der Waals surface area contributed by atoms with Crippen LogP contribution in [-0.4, -0.2) is 16.5 Å². The standard InChI is InChI=1S/C11H12N4O/c1-8-3-5-10(6-4-8)12-7-13-11-14-9(2)16-15-11/h3-7H,1-2H3,(H,12,13,15). The van der Waals surface area contributed by atoms with Crippen molar-refractivity contribution in [3.05, 3.63) is 35.7 Å². The number of nitrogens with zero attached hydrogens (tertiary/aromatic N) is 3. The Kier molecular flexibility index (Phi) is 2.95. The molecular weight excluding hydrogens is 204 g/mol. The summed E-state index contributed by atoms with van der Waals surface area (Å²) in [6.45, 7) is 3.76. The van der Waals surface area contributed by atoms with Gasteiger partial charge in [-0.1, -0.05) is 17.7 Å². The third-order valence-corrected chi connectivity index (χ3v) is 1.98. The van der Waals surface area contributed by atoms with Gasteiger partial charge in [-0.15, -0.1) is 0 Å². The number of nitrogens with one attached hydrogen (secondary N) is 1. The van der Waals surface area contributed by atoms with Gasteiger partial charge in [-0.05, 0) is 24.2 Å². The predicted molar refractivity (Wildman–Crippen MR) is 62.0 cm³/mol. The third kappa shape index (κ3) is 2.66. The molecule has 0 spiro atoms. The largest absolute Gasteiger partial charge is 0.346 e. The van der Waals surface area contributed by atoms with Gasteiger partial charge < -0.3 is 9.84 Å². The second-order valence-corrected chi connectivity index (χ2v) is 3.38. The second kappa shape index (κ2) is 4.57. The minimum absolute atomic E-state index is 0.317. The van der Waals surface area contributed by atoms with Crippen molar-refractivity contribution in [2.75, 3.05) is 5.32 Å². The van der Waals surface area contributed by atoms with Crippen LogP contribution in [0, 0.1) is 13.8 Å². The van der Waals surface area contributed by atoms with E-state index in [-0.39, 0.29) is 0 Å². The van der Waals surface area contributed by atoms with Crippen molar-refractivity contribution >= 4 is 18.0 Å². The van der Waals surface area contributed by atoms with Crippen LogP contribution in [0.2, 0.25) is 0 Å². The molecular formula is C11H12N4O. The van der Waals surface area contributed by atoms with Gasteiger partial charge in [0.05, 0.1) is 6.34 Å². The Balaban J connectivity index is 1.97. The smallest absolute Gasteiger partial charge is 0.290 e. The molecule has 0 saturated heterocycles. The van der Waals surface area contributed by atoms with Crippen molar-refractivity contribution in [1.82, 2.24) is 10.1 Å². The first kappa shape index (κ1) is 10.4. The monoisotopic (exact) mass is 216 g/mol. The van der Waals surface area contributed by atoms with E-state index in [0.29, 0.717) is 11.8 Å². The van der Waals surface area contributed by atoms with E-state index >= 15 is 0 Å². The van der Waals surface area contributed by atoms with Gasteiger partial charge in [-0.2, -0.15) is 9.98 Å². The SMILES string of the molecule is Cc1ccc(N/C=N\c2noc(C)n2)cc1. The number of hydrogen-bond donors (Lipinski definition) is 1. The highest BCUT2D eigenvalue weighted by atomic mass is 16.5. The summed E-state index contributed by atoms with van der Waals surface area (Å²) >= 11 is 0. The highest BCUT2D eigenvalue weighted by molar-refractivity contribution is 5.76. The number of benzene rings is 1. The normalized spacial score (nSPS) is 10.9. The molecule has 1 aromatic carbocycles. The van der Waals surface area contributed by atoms with Gasteiger partial charge >= 0.3 is 0 Å². The maximum absolute atomic E-state index is 4.78. The van der Waals surface area contributed by atoms with E-state index in [9.17, 15) is 0 Å². The molecule has 1 N–H and O–H groups in total. The summed E-state index contributed by atoms with van der Waals surface area (Å²) in [7, 11) is 0. The van der Waals surface area contributed by atoms with Gasteiger partial charge in [-0.25, -0.2) is 0 Å². The van der Waals surface area contributed by atoms with Gasteiger partial charge in [0, 0.05) is 12.6 Å². The lowest BCUT2D eigenvalue weighted by molar-refractivity contribution is 0.394. The highest BCUT2D eigenvalue weighted by Crippen LogP contribution is 2.08. The Bertz CT molecular complexity index is 487. The van der Waals surface area contributed by atoms with Crippen LogP contribution in [0.15, 0.2) is 33.8 Å². The summed E-state index contributed by atoms with van der Waals surface area (Å²) in [4.78, 5) is 7.93. The number of anilines is 1. The molecule has 0 radical (unpaired) electrons. The Morgan fingerprint density at radius 3 is 2.62 bits per heavy atom. The lowest BCUT2D eigenvalue weighted by Crippen LogP contribution is -1.93. The lowest BCUT2D eigenvalue weighted by Gasteiger charge is -1.98. The molecule has 0 aliphatic rings. The van der Waals surface area contributed by atoms with Crippen molar-refractivity contribution < 1.29 is 4.52 Å². The fraction of sp³-hybridized carbons (Fsp3) is 0.182. The first-order valence-electron chi connectivity index (χ1n) is 4.90. The molecule has 0 unspecified atom stereocenters. The molecule has 0 aliphatic heterocycles. The van der Waals surface area contributed by atoms with Crippen molar-refractivity contribution in [2.45, 2.75) is 13.8 Å². The van der Waals surface area contributed by atoms with E-state index in [1.165, 1.54) is 11.9 Å². The number of rotatable bonds is 3. The Morgan fingerprint density at radius 1 is 1.25 bits per heavy atom. The fourth-order valence-electron chi connectivity index (χ4n) is 1.16. The Labute approximate surface area is 93.2 Å². The maximum atomic E-state index is 4.78. The van der Waals surface area contributed by atoms with Crippen LogP contribution in [0.1, 0.15) is 11.5 Å². The van der Waals surface area contributed by atoms with Gasteiger partial charge in [0.1, 0.15) is 0 Å². The minimum atomic E-state index is 0.317. The van der Waals surface area contributed by atoms with Gasteiger partial charge in [-0.3, -0.25) is 0 Å². The van der Waals surface area contributed by atoms with Crippen LogP contribution < -0.4 is 5.32 Å². The molecule has 0 saturated carbocycles. The van der Waals surface area contributed by atoms with Crippen LogP contribution in [-0.2, 0) is 0 Å². The van der Waals surface area contributed by atoms with Crippen molar-refractivity contribution in [1.29, 1.82) is 0 Å². The molecule has 2 rings (SSSR count). The maximum Gasteiger partial charge on any atom is 0.290 e. The van der Waals surface area contributed by atoms with E-state index in [1.54, 1.807) is 6.92 Å². The molecule has 0 atom stereocenters. The molecule has 5 heteroatoms. The lowest BCUT2D eigenvalue weighted by atomic mass is 10.2. The number of hydrogen-bond acceptors (Lipinski definition) is 4. The molecule has 0 bridgehead atoms. The summed E-state index contributed by atoms with van der Waals surface area (Å²) in [5.74, 6) is 0.819. The fourth-order valence-corrected chi connectivity index (χ4v) is 1.16. The molecule has 1 aromatic heterocycles. The first-order valence-corrected chi connectivity index (χ1v) is 4.90. The summed E-state index contributed by atoms with van der Waals surface area (Å²) in [5.41, 5.74) is 2.19. The summed E-state index contributed by atoms with van der Waals surface area (Å²) in [6.07, 6.45) is 1.54. The van der Waals surface area contributed by atoms with Gasteiger partial charge in [0.15, 0.2) is 0 Å². The van der Waals surface area contributed by atoms with Gasteiger partial charge in [0.25, 0.3) is 5.95 Å². The zero-order chi connectivity index (χ0) is 11.4. The topological polar surface area (TPSA) is 63.3 Å². The van der Waals surface area contributed by atoms with E-state index in [4.69, 9.17) is 4.52 Å². The van der Waals surface area contributed by atoms with Crippen molar-refractivity contribution in [3.8, 4) is 0 Å². The quantitative estimate of drug-likeness (QED) is 0.632. The van der Waals surface area contributed by atoms with Crippen LogP contribution >= 0.6 is 0 Å². The third-order valence-electron chi connectivity index (χ3n) is 1.98. The molecule has 1 heterocycles. The zero-order valence-corrected chi connectivity index (χ0v) is 9.14.